The summed E-state index contributed by atoms with van der Waals surface area (Å²) >= 11 is 1.73. The van der Waals surface area contributed by atoms with Gasteiger partial charge in [0, 0.05) is 33.1 Å². The Balaban J connectivity index is 1.20. The number of rotatable bonds is 5. The molecule has 0 fully saturated rings. The molecule has 0 saturated carbocycles. The Morgan fingerprint density at radius 2 is 1.22 bits per heavy atom. The van der Waals surface area contributed by atoms with E-state index in [-0.39, 0.29) is 5.41 Å². The molecule has 0 radical (unpaired) electrons. The number of fused-ring (bicyclic) bond motifs is 8. The van der Waals surface area contributed by atoms with Crippen LogP contribution in [0.5, 0.6) is 0 Å². The van der Waals surface area contributed by atoms with Crippen molar-refractivity contribution < 1.29 is 4.42 Å². The van der Waals surface area contributed by atoms with Crippen molar-refractivity contribution in [2.24, 2.45) is 0 Å². The fraction of sp³-hybridized carbons (Fsp3) is 0.0600. The fourth-order valence-corrected chi connectivity index (χ4v) is 9.67. The maximum absolute atomic E-state index is 6.88. The normalized spacial score (nSPS) is 13.1. The van der Waals surface area contributed by atoms with E-state index in [1.165, 1.54) is 44.2 Å². The van der Waals surface area contributed by atoms with Gasteiger partial charge in [-0.15, -0.1) is 11.3 Å². The smallest absolute Gasteiger partial charge is 0.161 e. The van der Waals surface area contributed by atoms with Gasteiger partial charge in [0.15, 0.2) is 5.58 Å². The molecule has 0 unspecified atom stereocenters. The Morgan fingerprint density at radius 1 is 0.537 bits per heavy atom. The minimum absolute atomic E-state index is 0.0963. The maximum atomic E-state index is 6.88. The minimum atomic E-state index is -0.0963. The van der Waals surface area contributed by atoms with Crippen LogP contribution in [0, 0.1) is 0 Å². The van der Waals surface area contributed by atoms with Crippen molar-refractivity contribution in [3.8, 4) is 32.8 Å². The third kappa shape index (κ3) is 4.63. The molecule has 4 heteroatoms. The van der Waals surface area contributed by atoms with Crippen LogP contribution in [0.4, 0.5) is 17.1 Å². The summed E-state index contributed by atoms with van der Waals surface area (Å²) < 4.78 is 8.00. The summed E-state index contributed by atoms with van der Waals surface area (Å²) in [7, 11) is 0. The molecule has 0 spiro atoms. The van der Waals surface area contributed by atoms with Crippen LogP contribution in [0.3, 0.4) is 0 Å². The topological polar surface area (TPSA) is 29.3 Å². The van der Waals surface area contributed by atoms with E-state index in [2.05, 4.69) is 183 Å². The largest absolute Gasteiger partial charge is 0.454 e. The molecule has 256 valence electrons. The average molecular weight is 711 g/mol. The zero-order valence-corrected chi connectivity index (χ0v) is 30.7. The highest BCUT2D eigenvalue weighted by atomic mass is 32.1. The molecule has 3 nitrogen and oxygen atoms in total. The molecule has 10 aromatic rings. The van der Waals surface area contributed by atoms with E-state index < -0.39 is 0 Å². The zero-order chi connectivity index (χ0) is 36.0. The van der Waals surface area contributed by atoms with Gasteiger partial charge in [-0.2, -0.15) is 0 Å². The summed E-state index contributed by atoms with van der Waals surface area (Å²) in [6, 6.07) is 61.1. The van der Waals surface area contributed by atoms with Crippen LogP contribution in [0.25, 0.3) is 75.8 Å². The van der Waals surface area contributed by atoms with Crippen molar-refractivity contribution in [1.82, 2.24) is 4.98 Å². The lowest BCUT2D eigenvalue weighted by atomic mass is 9.82. The Morgan fingerprint density at radius 3 is 2.09 bits per heavy atom. The molecule has 11 rings (SSSR count). The first kappa shape index (κ1) is 31.1. The molecule has 1 aliphatic carbocycles. The number of furan rings is 1. The molecule has 54 heavy (non-hydrogen) atoms. The first-order valence-electron chi connectivity index (χ1n) is 18.5. The van der Waals surface area contributed by atoms with Gasteiger partial charge in [-0.25, -0.2) is 4.98 Å². The second kappa shape index (κ2) is 11.8. The monoisotopic (exact) mass is 710 g/mol. The van der Waals surface area contributed by atoms with Gasteiger partial charge in [0.1, 0.15) is 21.8 Å². The molecule has 2 heterocycles. The van der Waals surface area contributed by atoms with Gasteiger partial charge in [0.05, 0.1) is 4.70 Å². The number of hydrogen-bond acceptors (Lipinski definition) is 4. The summed E-state index contributed by atoms with van der Waals surface area (Å²) in [5.41, 5.74) is 14.3. The number of nitrogens with zero attached hydrogens (tertiary/aromatic N) is 2. The first-order valence-corrected chi connectivity index (χ1v) is 19.3. The van der Waals surface area contributed by atoms with Gasteiger partial charge >= 0.3 is 0 Å². The average Bonchev–Trinajstić information content (AvgIpc) is 3.89. The third-order valence-corrected chi connectivity index (χ3v) is 12.3. The minimum Gasteiger partial charge on any atom is -0.454 e. The number of benzene rings is 8. The van der Waals surface area contributed by atoms with Gasteiger partial charge in [-0.05, 0) is 80.6 Å². The predicted molar refractivity (Wildman–Crippen MR) is 228 cm³/mol. The molecule has 0 aliphatic heterocycles. The van der Waals surface area contributed by atoms with Gasteiger partial charge in [-0.3, -0.25) is 0 Å². The SMILES string of the molecule is CC1(C)c2ccccc2-c2cc(N(c3ccc(-c4cccc5ccccc45)cc3)c3c4nc(-c5ccccc5)sc4cc4c3oc3ccccc34)ccc21. The Bertz CT molecular complexity index is 3080. The van der Waals surface area contributed by atoms with E-state index >= 15 is 0 Å². The van der Waals surface area contributed by atoms with E-state index in [4.69, 9.17) is 9.40 Å². The van der Waals surface area contributed by atoms with Crippen molar-refractivity contribution in [2.45, 2.75) is 19.3 Å². The van der Waals surface area contributed by atoms with Gasteiger partial charge in [-0.1, -0.05) is 147 Å². The number of hydrogen-bond donors (Lipinski definition) is 0. The van der Waals surface area contributed by atoms with Crippen LogP contribution in [0.1, 0.15) is 25.0 Å². The highest BCUT2D eigenvalue weighted by Crippen LogP contribution is 2.53. The van der Waals surface area contributed by atoms with Crippen molar-refractivity contribution in [3.63, 3.8) is 0 Å². The van der Waals surface area contributed by atoms with Crippen LogP contribution in [0.15, 0.2) is 174 Å². The molecular weight excluding hydrogens is 677 g/mol. The Labute approximate surface area is 317 Å². The lowest BCUT2D eigenvalue weighted by Crippen LogP contribution is -2.15. The lowest BCUT2D eigenvalue weighted by molar-refractivity contribution is 0.660. The second-order valence-electron chi connectivity index (χ2n) is 14.7. The highest BCUT2D eigenvalue weighted by Gasteiger charge is 2.36. The fourth-order valence-electron chi connectivity index (χ4n) is 8.66. The molecular formula is C50H34N2OS. The first-order chi connectivity index (χ1) is 26.5. The molecule has 0 N–H and O–H groups in total. The second-order valence-corrected chi connectivity index (χ2v) is 15.8. The summed E-state index contributed by atoms with van der Waals surface area (Å²) in [6.07, 6.45) is 0. The summed E-state index contributed by atoms with van der Waals surface area (Å²) in [5, 5.41) is 5.65. The molecule has 0 saturated heterocycles. The number of para-hydroxylation sites is 1. The van der Waals surface area contributed by atoms with Crippen LogP contribution in [-0.4, -0.2) is 4.98 Å². The summed E-state index contributed by atoms with van der Waals surface area (Å²) in [6.45, 7) is 4.67. The molecule has 8 aromatic carbocycles. The van der Waals surface area contributed by atoms with E-state index in [0.717, 1.165) is 59.8 Å². The summed E-state index contributed by atoms with van der Waals surface area (Å²) in [5.74, 6) is 0. The number of anilines is 3. The molecule has 1 aliphatic rings. The van der Waals surface area contributed by atoms with E-state index in [1.54, 1.807) is 11.3 Å². The molecule has 0 bridgehead atoms. The highest BCUT2D eigenvalue weighted by molar-refractivity contribution is 7.21. The van der Waals surface area contributed by atoms with Gasteiger partial charge < -0.3 is 9.32 Å². The molecule has 0 amide bonds. The lowest BCUT2D eigenvalue weighted by Gasteiger charge is -2.27. The Hall–Kier alpha value is -6.49. The van der Waals surface area contributed by atoms with Gasteiger partial charge in [0.2, 0.25) is 0 Å². The maximum Gasteiger partial charge on any atom is 0.161 e. The molecule has 2 aromatic heterocycles. The number of thiazole rings is 1. The standard InChI is InChI=1S/C50H34N2OS/c1-50(2)42-21-10-8-18-38(42)40-29-35(27-28-43(40)50)52(34-25-23-32(24-26-34)37-20-12-16-31-13-6-7-17-36(31)37)47-46-45(54-49(51-46)33-14-4-3-5-15-33)30-41-39-19-9-11-22-44(39)53-48(41)47/h3-30H,1-2H3. The predicted octanol–water partition coefficient (Wildman–Crippen LogP) is 14.5. The van der Waals surface area contributed by atoms with Crippen LogP contribution < -0.4 is 4.90 Å². The van der Waals surface area contributed by atoms with Crippen molar-refractivity contribution >= 4 is 71.3 Å². The van der Waals surface area contributed by atoms with E-state index in [0.29, 0.717) is 0 Å². The number of aromatic nitrogens is 1. The summed E-state index contributed by atoms with van der Waals surface area (Å²) in [4.78, 5) is 7.80. The van der Waals surface area contributed by atoms with Crippen molar-refractivity contribution in [3.05, 3.63) is 181 Å². The van der Waals surface area contributed by atoms with Crippen molar-refractivity contribution in [1.29, 1.82) is 0 Å². The third-order valence-electron chi connectivity index (χ3n) is 11.3. The zero-order valence-electron chi connectivity index (χ0n) is 29.9. The quantitative estimate of drug-likeness (QED) is 0.178. The van der Waals surface area contributed by atoms with Crippen LogP contribution >= 0.6 is 11.3 Å². The van der Waals surface area contributed by atoms with Crippen LogP contribution in [-0.2, 0) is 5.41 Å². The van der Waals surface area contributed by atoms with Crippen LogP contribution in [0.2, 0.25) is 0 Å². The van der Waals surface area contributed by atoms with E-state index in [9.17, 15) is 0 Å². The van der Waals surface area contributed by atoms with Crippen molar-refractivity contribution in [2.75, 3.05) is 4.90 Å². The Kier molecular flexibility index (Phi) is 6.77. The molecule has 0 atom stereocenters. The van der Waals surface area contributed by atoms with E-state index in [1.807, 2.05) is 6.07 Å². The van der Waals surface area contributed by atoms with Gasteiger partial charge in [0.25, 0.3) is 0 Å².